The standard InChI is InChI=1S/C14H11NO3S/c1-7-3-4-8-9(15-7)5-6-10-11(8)12(16)13(19-10)14(17)18-2/h3-6,16H,1-2H3. The lowest BCUT2D eigenvalue weighted by Gasteiger charge is -2.01. The van der Waals surface area contributed by atoms with Crippen molar-refractivity contribution in [2.24, 2.45) is 0 Å². The number of nitrogens with zero attached hydrogens (tertiary/aromatic N) is 1. The first-order valence-corrected chi connectivity index (χ1v) is 6.53. The summed E-state index contributed by atoms with van der Waals surface area (Å²) in [6, 6.07) is 7.55. The number of benzene rings is 1. The molecule has 0 aliphatic carbocycles. The molecule has 3 aromatic rings. The van der Waals surface area contributed by atoms with E-state index in [1.54, 1.807) is 0 Å². The molecular formula is C14H11NO3S. The lowest BCUT2D eigenvalue weighted by molar-refractivity contribution is 0.0603. The van der Waals surface area contributed by atoms with Crippen LogP contribution in [0.25, 0.3) is 21.0 Å². The van der Waals surface area contributed by atoms with Gasteiger partial charge in [-0.1, -0.05) is 6.07 Å². The van der Waals surface area contributed by atoms with E-state index >= 15 is 0 Å². The van der Waals surface area contributed by atoms with Crippen LogP contribution >= 0.6 is 11.3 Å². The van der Waals surface area contributed by atoms with Gasteiger partial charge in [-0.25, -0.2) is 4.79 Å². The lowest BCUT2D eigenvalue weighted by atomic mass is 10.1. The van der Waals surface area contributed by atoms with E-state index in [4.69, 9.17) is 0 Å². The van der Waals surface area contributed by atoms with E-state index in [0.717, 1.165) is 21.3 Å². The van der Waals surface area contributed by atoms with E-state index in [9.17, 15) is 9.90 Å². The molecule has 1 aromatic carbocycles. The minimum Gasteiger partial charge on any atom is -0.505 e. The van der Waals surface area contributed by atoms with Crippen LogP contribution in [0, 0.1) is 6.92 Å². The third-order valence-corrected chi connectivity index (χ3v) is 4.13. The molecule has 4 nitrogen and oxygen atoms in total. The Morgan fingerprint density at radius 3 is 2.84 bits per heavy atom. The van der Waals surface area contributed by atoms with Gasteiger partial charge >= 0.3 is 5.97 Å². The summed E-state index contributed by atoms with van der Waals surface area (Å²) >= 11 is 1.22. The summed E-state index contributed by atoms with van der Waals surface area (Å²) < 4.78 is 5.52. The van der Waals surface area contributed by atoms with Crippen LogP contribution < -0.4 is 0 Å². The molecule has 96 valence electrons. The quantitative estimate of drug-likeness (QED) is 0.691. The van der Waals surface area contributed by atoms with Crippen LogP contribution in [0.1, 0.15) is 15.4 Å². The molecule has 1 N–H and O–H groups in total. The molecule has 0 bridgehead atoms. The summed E-state index contributed by atoms with van der Waals surface area (Å²) in [6.07, 6.45) is 0. The van der Waals surface area contributed by atoms with Crippen LogP contribution in [0.4, 0.5) is 0 Å². The number of rotatable bonds is 1. The molecular weight excluding hydrogens is 262 g/mol. The average Bonchev–Trinajstić information content (AvgIpc) is 2.75. The maximum absolute atomic E-state index is 11.6. The first kappa shape index (κ1) is 11.9. The Balaban J connectivity index is 2.42. The number of hydrogen-bond donors (Lipinski definition) is 1. The van der Waals surface area contributed by atoms with Gasteiger partial charge in [-0.2, -0.15) is 0 Å². The Labute approximate surface area is 113 Å². The summed E-state index contributed by atoms with van der Waals surface area (Å²) in [7, 11) is 1.30. The number of esters is 1. The molecule has 3 rings (SSSR count). The van der Waals surface area contributed by atoms with Crippen LogP contribution in [0.2, 0.25) is 0 Å². The molecule has 0 amide bonds. The first-order valence-electron chi connectivity index (χ1n) is 5.72. The smallest absolute Gasteiger partial charge is 0.351 e. The third kappa shape index (κ3) is 1.74. The van der Waals surface area contributed by atoms with E-state index in [2.05, 4.69) is 9.72 Å². The first-order chi connectivity index (χ1) is 9.11. The number of carbonyl (C=O) groups is 1. The van der Waals surface area contributed by atoms with Crippen molar-refractivity contribution >= 4 is 38.3 Å². The van der Waals surface area contributed by atoms with E-state index in [1.165, 1.54) is 18.4 Å². The fourth-order valence-corrected chi connectivity index (χ4v) is 3.15. The van der Waals surface area contributed by atoms with E-state index in [0.29, 0.717) is 5.39 Å². The normalized spacial score (nSPS) is 11.1. The van der Waals surface area contributed by atoms with Gasteiger partial charge < -0.3 is 9.84 Å². The molecule has 0 saturated carbocycles. The maximum Gasteiger partial charge on any atom is 0.351 e. The van der Waals surface area contributed by atoms with Crippen LogP contribution in [-0.2, 0) is 4.74 Å². The Morgan fingerprint density at radius 2 is 2.11 bits per heavy atom. The number of pyridine rings is 1. The van der Waals surface area contributed by atoms with Crippen LogP contribution in [0.5, 0.6) is 5.75 Å². The zero-order valence-electron chi connectivity index (χ0n) is 10.4. The minimum absolute atomic E-state index is 0.0249. The van der Waals surface area contributed by atoms with Gasteiger partial charge in [0.25, 0.3) is 0 Å². The van der Waals surface area contributed by atoms with Crippen molar-refractivity contribution in [3.63, 3.8) is 0 Å². The fourth-order valence-electron chi connectivity index (χ4n) is 2.12. The molecule has 0 aliphatic heterocycles. The third-order valence-electron chi connectivity index (χ3n) is 3.01. The van der Waals surface area contributed by atoms with Gasteiger partial charge in [-0.15, -0.1) is 11.3 Å². The Bertz CT molecular complexity index is 807. The second kappa shape index (κ2) is 4.20. The van der Waals surface area contributed by atoms with Gasteiger partial charge in [0.15, 0.2) is 4.88 Å². The molecule has 5 heteroatoms. The van der Waals surface area contributed by atoms with Crippen LogP contribution in [-0.4, -0.2) is 23.2 Å². The molecule has 0 saturated heterocycles. The summed E-state index contributed by atoms with van der Waals surface area (Å²) in [5, 5.41) is 11.7. The summed E-state index contributed by atoms with van der Waals surface area (Å²) in [4.78, 5) is 16.3. The van der Waals surface area contributed by atoms with Crippen molar-refractivity contribution in [1.29, 1.82) is 0 Å². The molecule has 2 heterocycles. The predicted octanol–water partition coefficient (Wildman–Crippen LogP) is 3.25. The number of fused-ring (bicyclic) bond motifs is 3. The van der Waals surface area contributed by atoms with Crippen LogP contribution in [0.3, 0.4) is 0 Å². The van der Waals surface area contributed by atoms with Gasteiger partial charge in [0, 0.05) is 21.2 Å². The number of aromatic nitrogens is 1. The highest BCUT2D eigenvalue weighted by Gasteiger charge is 2.20. The predicted molar refractivity (Wildman–Crippen MR) is 74.9 cm³/mol. The Hall–Kier alpha value is -2.14. The van der Waals surface area contributed by atoms with Crippen LogP contribution in [0.15, 0.2) is 24.3 Å². The minimum atomic E-state index is -0.521. The number of ether oxygens (including phenoxy) is 1. The van der Waals surface area contributed by atoms with Gasteiger partial charge in [-0.05, 0) is 25.1 Å². The Kier molecular flexibility index (Phi) is 2.64. The van der Waals surface area contributed by atoms with Gasteiger partial charge in [-0.3, -0.25) is 4.98 Å². The number of methoxy groups -OCH3 is 1. The highest BCUT2D eigenvalue weighted by atomic mass is 32.1. The number of aromatic hydroxyl groups is 1. The van der Waals surface area contributed by atoms with Crippen molar-refractivity contribution in [2.75, 3.05) is 7.11 Å². The van der Waals surface area contributed by atoms with Crippen molar-refractivity contribution < 1.29 is 14.6 Å². The second-order valence-electron chi connectivity index (χ2n) is 4.23. The average molecular weight is 273 g/mol. The second-order valence-corrected chi connectivity index (χ2v) is 5.28. The summed E-state index contributed by atoms with van der Waals surface area (Å²) in [5.41, 5.74) is 1.71. The molecule has 0 fully saturated rings. The largest absolute Gasteiger partial charge is 0.505 e. The Morgan fingerprint density at radius 1 is 1.32 bits per heavy atom. The fraction of sp³-hybridized carbons (Fsp3) is 0.143. The van der Waals surface area contributed by atoms with E-state index in [-0.39, 0.29) is 10.6 Å². The number of aryl methyl sites for hydroxylation is 1. The van der Waals surface area contributed by atoms with Crippen molar-refractivity contribution in [3.8, 4) is 5.75 Å². The number of thiophene rings is 1. The van der Waals surface area contributed by atoms with Crippen molar-refractivity contribution in [3.05, 3.63) is 34.8 Å². The molecule has 19 heavy (non-hydrogen) atoms. The molecule has 0 spiro atoms. The molecule has 2 aromatic heterocycles. The number of hydrogen-bond acceptors (Lipinski definition) is 5. The highest BCUT2D eigenvalue weighted by Crippen LogP contribution is 2.41. The van der Waals surface area contributed by atoms with Crippen molar-refractivity contribution in [1.82, 2.24) is 4.98 Å². The lowest BCUT2D eigenvalue weighted by Crippen LogP contribution is -1.97. The molecule has 0 unspecified atom stereocenters. The van der Waals surface area contributed by atoms with Gasteiger partial charge in [0.2, 0.25) is 0 Å². The molecule has 0 radical (unpaired) electrons. The SMILES string of the molecule is COC(=O)c1sc2ccc3nc(C)ccc3c2c1O. The van der Waals surface area contributed by atoms with E-state index < -0.39 is 5.97 Å². The van der Waals surface area contributed by atoms with E-state index in [1.807, 2.05) is 31.2 Å². The van der Waals surface area contributed by atoms with Crippen molar-refractivity contribution in [2.45, 2.75) is 6.92 Å². The molecule has 0 atom stereocenters. The topological polar surface area (TPSA) is 59.4 Å². The zero-order chi connectivity index (χ0) is 13.6. The van der Waals surface area contributed by atoms with Gasteiger partial charge in [0.05, 0.1) is 12.6 Å². The zero-order valence-corrected chi connectivity index (χ0v) is 11.2. The highest BCUT2D eigenvalue weighted by molar-refractivity contribution is 7.21. The van der Waals surface area contributed by atoms with Gasteiger partial charge in [0.1, 0.15) is 5.75 Å². The summed E-state index contributed by atoms with van der Waals surface area (Å²) in [6.45, 7) is 1.91. The number of carbonyl (C=O) groups excluding carboxylic acids is 1. The monoisotopic (exact) mass is 273 g/mol. The summed E-state index contributed by atoms with van der Waals surface area (Å²) in [5.74, 6) is -0.546. The molecule has 0 aliphatic rings. The maximum atomic E-state index is 11.6.